The van der Waals surface area contributed by atoms with E-state index in [0.717, 1.165) is 11.8 Å². The molecule has 2 saturated carbocycles. The largest absolute Gasteiger partial charge is 0.354 e. The summed E-state index contributed by atoms with van der Waals surface area (Å²) in [6, 6.07) is 0. The number of hydrogen-bond acceptors (Lipinski definition) is 3. The summed E-state index contributed by atoms with van der Waals surface area (Å²) in [6.45, 7) is 0.437. The fraction of sp³-hybridized carbons (Fsp3) is 0.923. The molecule has 0 aromatic carbocycles. The smallest absolute Gasteiger partial charge is 0.220 e. The Morgan fingerprint density at radius 1 is 1.29 bits per heavy atom. The third kappa shape index (κ3) is 3.19. The minimum absolute atomic E-state index is 0.140. The van der Waals surface area contributed by atoms with Crippen molar-refractivity contribution in [2.24, 2.45) is 17.8 Å². The summed E-state index contributed by atoms with van der Waals surface area (Å²) < 4.78 is 10.1. The highest BCUT2D eigenvalue weighted by molar-refractivity contribution is 5.76. The molecule has 4 nitrogen and oxygen atoms in total. The summed E-state index contributed by atoms with van der Waals surface area (Å²) >= 11 is 0. The van der Waals surface area contributed by atoms with E-state index in [1.165, 1.54) is 25.7 Å². The Morgan fingerprint density at radius 3 is 2.59 bits per heavy atom. The molecule has 0 heterocycles. The summed E-state index contributed by atoms with van der Waals surface area (Å²) in [7, 11) is 3.16. The van der Waals surface area contributed by atoms with Crippen molar-refractivity contribution in [2.75, 3.05) is 20.8 Å². The number of ether oxygens (including phenoxy) is 2. The van der Waals surface area contributed by atoms with E-state index in [9.17, 15) is 4.79 Å². The summed E-state index contributed by atoms with van der Waals surface area (Å²) in [5, 5.41) is 2.88. The van der Waals surface area contributed by atoms with Crippen LogP contribution in [0.4, 0.5) is 0 Å². The van der Waals surface area contributed by atoms with E-state index in [1.807, 2.05) is 0 Å². The summed E-state index contributed by atoms with van der Waals surface area (Å²) in [5.41, 5.74) is 0. The van der Waals surface area contributed by atoms with Gasteiger partial charge in [0.05, 0.1) is 6.54 Å². The third-order valence-corrected chi connectivity index (χ3v) is 4.32. The Bertz CT molecular complexity index is 265. The van der Waals surface area contributed by atoms with Crippen molar-refractivity contribution >= 4 is 5.91 Å². The lowest BCUT2D eigenvalue weighted by Crippen LogP contribution is -2.35. The van der Waals surface area contributed by atoms with Gasteiger partial charge in [0.2, 0.25) is 5.91 Å². The molecule has 4 heteroatoms. The second-order valence-electron chi connectivity index (χ2n) is 5.34. The van der Waals surface area contributed by atoms with E-state index in [4.69, 9.17) is 9.47 Å². The van der Waals surface area contributed by atoms with Gasteiger partial charge in [-0.25, -0.2) is 0 Å². The van der Waals surface area contributed by atoms with Crippen LogP contribution in [-0.4, -0.2) is 33.0 Å². The van der Waals surface area contributed by atoms with E-state index in [1.54, 1.807) is 14.2 Å². The van der Waals surface area contributed by atoms with Crippen LogP contribution in [0.3, 0.4) is 0 Å². The normalized spacial score (nSPS) is 31.1. The molecule has 3 unspecified atom stereocenters. The van der Waals surface area contributed by atoms with Crippen LogP contribution in [0.25, 0.3) is 0 Å². The lowest BCUT2D eigenvalue weighted by atomic mass is 9.86. The van der Waals surface area contributed by atoms with Crippen molar-refractivity contribution in [3.8, 4) is 0 Å². The Kier molecular flexibility index (Phi) is 4.40. The van der Waals surface area contributed by atoms with E-state index in [0.29, 0.717) is 18.9 Å². The van der Waals surface area contributed by atoms with Crippen LogP contribution >= 0.6 is 0 Å². The highest BCUT2D eigenvalue weighted by Gasteiger charge is 2.40. The van der Waals surface area contributed by atoms with Gasteiger partial charge in [-0.2, -0.15) is 0 Å². The van der Waals surface area contributed by atoms with Crippen molar-refractivity contribution in [2.45, 2.75) is 38.4 Å². The molecule has 2 bridgehead atoms. The molecule has 0 aromatic rings. The maximum absolute atomic E-state index is 11.8. The summed E-state index contributed by atoms with van der Waals surface area (Å²) in [4.78, 5) is 11.8. The van der Waals surface area contributed by atoms with Crippen molar-refractivity contribution in [1.29, 1.82) is 0 Å². The van der Waals surface area contributed by atoms with Gasteiger partial charge in [0, 0.05) is 20.6 Å². The maximum Gasteiger partial charge on any atom is 0.220 e. The van der Waals surface area contributed by atoms with Gasteiger partial charge in [-0.1, -0.05) is 6.42 Å². The Morgan fingerprint density at radius 2 is 2.06 bits per heavy atom. The monoisotopic (exact) mass is 241 g/mol. The maximum atomic E-state index is 11.8. The second-order valence-corrected chi connectivity index (χ2v) is 5.34. The minimum Gasteiger partial charge on any atom is -0.354 e. The molecule has 0 saturated heterocycles. The highest BCUT2D eigenvalue weighted by Crippen LogP contribution is 2.49. The molecule has 1 N–H and O–H groups in total. The van der Waals surface area contributed by atoms with Crippen LogP contribution in [0.5, 0.6) is 0 Å². The molecule has 2 fully saturated rings. The zero-order chi connectivity index (χ0) is 12.3. The van der Waals surface area contributed by atoms with Gasteiger partial charge in [-0.15, -0.1) is 0 Å². The van der Waals surface area contributed by atoms with Gasteiger partial charge in [0.15, 0.2) is 6.29 Å². The fourth-order valence-electron chi connectivity index (χ4n) is 3.40. The molecular formula is C13H23NO3. The fourth-order valence-corrected chi connectivity index (χ4v) is 3.40. The van der Waals surface area contributed by atoms with E-state index >= 15 is 0 Å². The average molecular weight is 241 g/mol. The van der Waals surface area contributed by atoms with Crippen molar-refractivity contribution in [3.63, 3.8) is 0 Å². The van der Waals surface area contributed by atoms with Crippen molar-refractivity contribution < 1.29 is 14.3 Å². The van der Waals surface area contributed by atoms with Gasteiger partial charge in [0.1, 0.15) is 0 Å². The minimum atomic E-state index is -0.334. The van der Waals surface area contributed by atoms with E-state index < -0.39 is 0 Å². The predicted octanol–water partition coefficient (Wildman–Crippen LogP) is 1.55. The molecule has 2 aliphatic carbocycles. The molecule has 0 radical (unpaired) electrons. The quantitative estimate of drug-likeness (QED) is 0.718. The number of carbonyl (C=O) groups is 1. The van der Waals surface area contributed by atoms with Gasteiger partial charge >= 0.3 is 0 Å². The first-order valence-electron chi connectivity index (χ1n) is 6.55. The molecule has 2 rings (SSSR count). The standard InChI is InChI=1S/C13H23NO3/c1-16-13(17-2)8-14-12(15)7-11-6-9-3-4-10(11)5-9/h9-11,13H,3-8H2,1-2H3,(H,14,15). The molecule has 17 heavy (non-hydrogen) atoms. The molecular weight excluding hydrogens is 218 g/mol. The number of rotatable bonds is 6. The molecule has 0 aliphatic heterocycles. The summed E-state index contributed by atoms with van der Waals surface area (Å²) in [6.07, 6.45) is 5.69. The SMILES string of the molecule is COC(CNC(=O)CC1CC2CCC1C2)OC. The lowest BCUT2D eigenvalue weighted by Gasteiger charge is -2.21. The molecule has 0 spiro atoms. The van der Waals surface area contributed by atoms with Crippen molar-refractivity contribution in [3.05, 3.63) is 0 Å². The van der Waals surface area contributed by atoms with Gasteiger partial charge in [0.25, 0.3) is 0 Å². The van der Waals surface area contributed by atoms with Crippen LogP contribution < -0.4 is 5.32 Å². The topological polar surface area (TPSA) is 47.6 Å². The Hall–Kier alpha value is -0.610. The zero-order valence-electron chi connectivity index (χ0n) is 10.8. The number of nitrogens with one attached hydrogen (secondary N) is 1. The number of methoxy groups -OCH3 is 2. The van der Waals surface area contributed by atoms with Gasteiger partial charge in [-0.05, 0) is 37.0 Å². The summed E-state index contributed by atoms with van der Waals surface area (Å²) in [5.74, 6) is 2.48. The van der Waals surface area contributed by atoms with Crippen LogP contribution in [0.15, 0.2) is 0 Å². The third-order valence-electron chi connectivity index (χ3n) is 4.32. The average Bonchev–Trinajstić information content (AvgIpc) is 2.92. The molecule has 0 aromatic heterocycles. The molecule has 2 aliphatic rings. The van der Waals surface area contributed by atoms with Gasteiger partial charge < -0.3 is 14.8 Å². The first-order valence-corrected chi connectivity index (χ1v) is 6.55. The van der Waals surface area contributed by atoms with Crippen LogP contribution in [0.1, 0.15) is 32.1 Å². The predicted molar refractivity (Wildman–Crippen MR) is 64.4 cm³/mol. The van der Waals surface area contributed by atoms with Crippen LogP contribution in [0.2, 0.25) is 0 Å². The number of hydrogen-bond donors (Lipinski definition) is 1. The van der Waals surface area contributed by atoms with Gasteiger partial charge in [-0.3, -0.25) is 4.79 Å². The van der Waals surface area contributed by atoms with Crippen LogP contribution in [0, 0.1) is 17.8 Å². The highest BCUT2D eigenvalue weighted by atomic mass is 16.7. The zero-order valence-corrected chi connectivity index (χ0v) is 10.8. The molecule has 3 atom stereocenters. The number of carbonyl (C=O) groups excluding carboxylic acids is 1. The van der Waals surface area contributed by atoms with Crippen molar-refractivity contribution in [1.82, 2.24) is 5.32 Å². The number of amides is 1. The lowest BCUT2D eigenvalue weighted by molar-refractivity contribution is -0.128. The Balaban J connectivity index is 1.67. The first-order chi connectivity index (χ1) is 8.22. The van der Waals surface area contributed by atoms with E-state index in [2.05, 4.69) is 5.32 Å². The number of fused-ring (bicyclic) bond motifs is 2. The molecule has 1 amide bonds. The van der Waals surface area contributed by atoms with Crippen LogP contribution in [-0.2, 0) is 14.3 Å². The Labute approximate surface area is 103 Å². The second kappa shape index (κ2) is 5.83. The first kappa shape index (κ1) is 12.8. The van der Waals surface area contributed by atoms with E-state index in [-0.39, 0.29) is 12.2 Å². The molecule has 98 valence electrons.